The average Bonchev–Trinajstić information content (AvgIpc) is 2.27. The number of aliphatic hydroxyl groups is 1. The summed E-state index contributed by atoms with van der Waals surface area (Å²) >= 11 is 0. The quantitative estimate of drug-likeness (QED) is 0.791. The van der Waals surface area contributed by atoms with E-state index in [0.717, 1.165) is 39.0 Å². The minimum atomic E-state index is -0.435. The molecule has 112 valence electrons. The minimum absolute atomic E-state index is 0.178. The lowest BCUT2D eigenvalue weighted by molar-refractivity contribution is 0.00128. The summed E-state index contributed by atoms with van der Waals surface area (Å²) in [6.45, 7) is 11.5. The summed E-state index contributed by atoms with van der Waals surface area (Å²) < 4.78 is 5.42. The Hall–Kier alpha value is -0.810. The molecular weight excluding hydrogens is 244 g/mol. The second-order valence-corrected chi connectivity index (χ2v) is 6.25. The molecule has 1 N–H and O–H groups in total. The number of amides is 1. The summed E-state index contributed by atoms with van der Waals surface area (Å²) in [4.78, 5) is 16.2. The van der Waals surface area contributed by atoms with Gasteiger partial charge in [-0.1, -0.05) is 0 Å². The fraction of sp³-hybridized carbons (Fsp3) is 0.929. The first-order valence-electron chi connectivity index (χ1n) is 7.16. The van der Waals surface area contributed by atoms with E-state index in [2.05, 4.69) is 11.8 Å². The number of hydrogen-bond donors (Lipinski definition) is 1. The molecule has 0 bridgehead atoms. The monoisotopic (exact) mass is 272 g/mol. The molecule has 1 amide bonds. The Morgan fingerprint density at radius 3 is 2.53 bits per heavy atom. The lowest BCUT2D eigenvalue weighted by atomic mass is 10.1. The summed E-state index contributed by atoms with van der Waals surface area (Å²) in [6, 6.07) is 0.178. The van der Waals surface area contributed by atoms with E-state index in [0.29, 0.717) is 0 Å². The van der Waals surface area contributed by atoms with Gasteiger partial charge in [0.25, 0.3) is 0 Å². The van der Waals surface area contributed by atoms with Gasteiger partial charge < -0.3 is 14.7 Å². The molecule has 1 aliphatic heterocycles. The summed E-state index contributed by atoms with van der Waals surface area (Å²) in [5.41, 5.74) is -0.435. The molecule has 0 radical (unpaired) electrons. The first-order valence-corrected chi connectivity index (χ1v) is 7.16. The van der Waals surface area contributed by atoms with Crippen LogP contribution in [-0.4, -0.2) is 65.4 Å². The maximum Gasteiger partial charge on any atom is 0.410 e. The zero-order valence-electron chi connectivity index (χ0n) is 12.7. The van der Waals surface area contributed by atoms with Crippen LogP contribution in [0.5, 0.6) is 0 Å². The molecule has 5 nitrogen and oxygen atoms in total. The largest absolute Gasteiger partial charge is 0.444 e. The highest BCUT2D eigenvalue weighted by Crippen LogP contribution is 2.15. The maximum atomic E-state index is 12.0. The second kappa shape index (κ2) is 7.10. The van der Waals surface area contributed by atoms with E-state index in [1.54, 1.807) is 0 Å². The van der Waals surface area contributed by atoms with Gasteiger partial charge in [-0.3, -0.25) is 4.90 Å². The molecule has 1 saturated heterocycles. The van der Waals surface area contributed by atoms with Crippen LogP contribution in [0.1, 0.15) is 40.5 Å². The van der Waals surface area contributed by atoms with Gasteiger partial charge in [0, 0.05) is 32.3 Å². The molecular formula is C14H28N2O3. The van der Waals surface area contributed by atoms with Crippen LogP contribution in [0.4, 0.5) is 4.79 Å². The SMILES string of the molecule is C[C@@H]1CN(CCCCO)CCN1C(=O)OC(C)(C)C. The van der Waals surface area contributed by atoms with Crippen LogP contribution in [0.2, 0.25) is 0 Å². The molecule has 0 aromatic carbocycles. The van der Waals surface area contributed by atoms with Crippen molar-refractivity contribution in [3.63, 3.8) is 0 Å². The molecule has 1 atom stereocenters. The molecule has 1 fully saturated rings. The molecule has 19 heavy (non-hydrogen) atoms. The highest BCUT2D eigenvalue weighted by molar-refractivity contribution is 5.68. The molecule has 1 aliphatic rings. The van der Waals surface area contributed by atoms with Gasteiger partial charge in [0.15, 0.2) is 0 Å². The van der Waals surface area contributed by atoms with Crippen molar-refractivity contribution in [2.24, 2.45) is 0 Å². The third kappa shape index (κ3) is 5.78. The number of ether oxygens (including phenoxy) is 1. The van der Waals surface area contributed by atoms with Crippen molar-refractivity contribution in [1.29, 1.82) is 0 Å². The zero-order chi connectivity index (χ0) is 14.5. The lowest BCUT2D eigenvalue weighted by Crippen LogP contribution is -2.55. The molecule has 0 saturated carbocycles. The van der Waals surface area contributed by atoms with Gasteiger partial charge in [-0.2, -0.15) is 0 Å². The maximum absolute atomic E-state index is 12.0. The summed E-state index contributed by atoms with van der Waals surface area (Å²) in [5, 5.41) is 8.78. The Balaban J connectivity index is 2.39. The summed E-state index contributed by atoms with van der Waals surface area (Å²) in [6.07, 6.45) is 1.64. The predicted molar refractivity (Wildman–Crippen MR) is 75.2 cm³/mol. The van der Waals surface area contributed by atoms with E-state index in [1.807, 2.05) is 25.7 Å². The van der Waals surface area contributed by atoms with E-state index in [9.17, 15) is 4.79 Å². The molecule has 0 aromatic heterocycles. The minimum Gasteiger partial charge on any atom is -0.444 e. The van der Waals surface area contributed by atoms with Crippen molar-refractivity contribution in [3.8, 4) is 0 Å². The van der Waals surface area contributed by atoms with Crippen molar-refractivity contribution in [1.82, 2.24) is 9.80 Å². The van der Waals surface area contributed by atoms with Crippen LogP contribution in [0.3, 0.4) is 0 Å². The standard InChI is InChI=1S/C14H28N2O3/c1-12-11-15(7-5-6-10-17)8-9-16(12)13(18)19-14(2,3)4/h12,17H,5-11H2,1-4H3/t12-/m1/s1. The van der Waals surface area contributed by atoms with Gasteiger partial charge in [-0.15, -0.1) is 0 Å². The van der Waals surface area contributed by atoms with Crippen molar-refractivity contribution in [3.05, 3.63) is 0 Å². The van der Waals surface area contributed by atoms with Crippen LogP contribution in [0.15, 0.2) is 0 Å². The first kappa shape index (κ1) is 16.2. The van der Waals surface area contributed by atoms with Gasteiger partial charge in [0.2, 0.25) is 0 Å². The van der Waals surface area contributed by atoms with Gasteiger partial charge in [-0.25, -0.2) is 4.79 Å². The highest BCUT2D eigenvalue weighted by Gasteiger charge is 2.30. The van der Waals surface area contributed by atoms with Crippen LogP contribution < -0.4 is 0 Å². The topological polar surface area (TPSA) is 53.0 Å². The van der Waals surface area contributed by atoms with E-state index in [-0.39, 0.29) is 18.7 Å². The van der Waals surface area contributed by atoms with Crippen LogP contribution in [0, 0.1) is 0 Å². The number of unbranched alkanes of at least 4 members (excludes halogenated alkanes) is 1. The number of nitrogens with zero attached hydrogens (tertiary/aromatic N) is 2. The molecule has 0 unspecified atom stereocenters. The predicted octanol–water partition coefficient (Wildman–Crippen LogP) is 1.70. The Bertz CT molecular complexity index is 289. The second-order valence-electron chi connectivity index (χ2n) is 6.25. The average molecular weight is 272 g/mol. The van der Waals surface area contributed by atoms with Crippen molar-refractivity contribution in [2.75, 3.05) is 32.8 Å². The fourth-order valence-electron chi connectivity index (χ4n) is 2.28. The molecule has 0 aromatic rings. The lowest BCUT2D eigenvalue weighted by Gasteiger charge is -2.40. The Morgan fingerprint density at radius 1 is 1.32 bits per heavy atom. The van der Waals surface area contributed by atoms with E-state index >= 15 is 0 Å². The number of piperazine rings is 1. The number of hydrogen-bond acceptors (Lipinski definition) is 4. The van der Waals surface area contributed by atoms with E-state index < -0.39 is 5.60 Å². The molecule has 1 rings (SSSR count). The molecule has 1 heterocycles. The fourth-order valence-corrected chi connectivity index (χ4v) is 2.28. The molecule has 5 heteroatoms. The summed E-state index contributed by atoms with van der Waals surface area (Å²) in [7, 11) is 0. The van der Waals surface area contributed by atoms with Crippen molar-refractivity contribution < 1.29 is 14.6 Å². The Labute approximate surface area is 116 Å². The Morgan fingerprint density at radius 2 is 2.00 bits per heavy atom. The first-order chi connectivity index (χ1) is 8.83. The number of carbonyl (C=O) groups excluding carboxylic acids is 1. The van der Waals surface area contributed by atoms with Crippen LogP contribution in [0.25, 0.3) is 0 Å². The zero-order valence-corrected chi connectivity index (χ0v) is 12.7. The summed E-state index contributed by atoms with van der Waals surface area (Å²) in [5.74, 6) is 0. The van der Waals surface area contributed by atoms with E-state index in [4.69, 9.17) is 9.84 Å². The van der Waals surface area contributed by atoms with Crippen molar-refractivity contribution in [2.45, 2.75) is 52.2 Å². The third-order valence-electron chi connectivity index (χ3n) is 3.22. The normalized spacial score (nSPS) is 21.5. The number of rotatable bonds is 4. The molecule has 0 spiro atoms. The molecule has 0 aliphatic carbocycles. The van der Waals surface area contributed by atoms with Crippen LogP contribution in [-0.2, 0) is 4.74 Å². The van der Waals surface area contributed by atoms with Gasteiger partial charge in [-0.05, 0) is 47.1 Å². The Kier molecular flexibility index (Phi) is 6.07. The number of carbonyl (C=O) groups is 1. The van der Waals surface area contributed by atoms with Gasteiger partial charge in [0.1, 0.15) is 5.60 Å². The highest BCUT2D eigenvalue weighted by atomic mass is 16.6. The van der Waals surface area contributed by atoms with Gasteiger partial charge >= 0.3 is 6.09 Å². The number of aliphatic hydroxyl groups excluding tert-OH is 1. The van der Waals surface area contributed by atoms with E-state index in [1.165, 1.54) is 0 Å². The van der Waals surface area contributed by atoms with Crippen molar-refractivity contribution >= 4 is 6.09 Å². The van der Waals surface area contributed by atoms with Crippen LogP contribution >= 0.6 is 0 Å². The smallest absolute Gasteiger partial charge is 0.410 e. The van der Waals surface area contributed by atoms with Gasteiger partial charge in [0.05, 0.1) is 0 Å². The third-order valence-corrected chi connectivity index (χ3v) is 3.22.